The summed E-state index contributed by atoms with van der Waals surface area (Å²) < 4.78 is 0. The lowest BCUT2D eigenvalue weighted by Crippen LogP contribution is -2.32. The van der Waals surface area contributed by atoms with Crippen LogP contribution in [0.3, 0.4) is 0 Å². The summed E-state index contributed by atoms with van der Waals surface area (Å²) in [6.07, 6.45) is 2.31. The summed E-state index contributed by atoms with van der Waals surface area (Å²) in [6, 6.07) is 7.24. The van der Waals surface area contributed by atoms with Gasteiger partial charge in [-0.3, -0.25) is 14.6 Å². The molecule has 1 heterocycles. The van der Waals surface area contributed by atoms with Crippen LogP contribution in [-0.2, 0) is 0 Å². The van der Waals surface area contributed by atoms with Crippen LogP contribution in [0.15, 0.2) is 30.5 Å². The van der Waals surface area contributed by atoms with Crippen LogP contribution in [0, 0.1) is 20.8 Å². The molecule has 5 heteroatoms. The molecule has 2 amide bonds. The van der Waals surface area contributed by atoms with Gasteiger partial charge in [-0.05, 0) is 57.4 Å². The number of pyridine rings is 1. The fourth-order valence-electron chi connectivity index (χ4n) is 2.66. The van der Waals surface area contributed by atoms with Gasteiger partial charge < -0.3 is 10.6 Å². The lowest BCUT2D eigenvalue weighted by Gasteiger charge is -2.14. The number of aryl methyl sites for hydroxylation is 3. The van der Waals surface area contributed by atoms with Crippen molar-refractivity contribution in [2.75, 3.05) is 5.32 Å². The molecule has 5 nitrogen and oxygen atoms in total. The van der Waals surface area contributed by atoms with E-state index in [0.29, 0.717) is 5.56 Å². The number of hydrogen-bond donors (Lipinski definition) is 2. The quantitative estimate of drug-likeness (QED) is 0.870. The van der Waals surface area contributed by atoms with Crippen LogP contribution in [0.4, 0.5) is 5.69 Å². The second-order valence-corrected chi connectivity index (χ2v) is 6.44. The fourth-order valence-corrected chi connectivity index (χ4v) is 2.66. The number of carbonyl (C=O) groups excluding carboxylic acids is 2. The largest absolute Gasteiger partial charge is 0.348 e. The molecule has 1 aromatic heterocycles. The highest BCUT2D eigenvalue weighted by molar-refractivity contribution is 6.06. The van der Waals surface area contributed by atoms with Crippen LogP contribution in [-0.4, -0.2) is 22.8 Å². The van der Waals surface area contributed by atoms with Crippen molar-refractivity contribution in [2.24, 2.45) is 0 Å². The number of amides is 2. The van der Waals surface area contributed by atoms with E-state index < -0.39 is 0 Å². The van der Waals surface area contributed by atoms with Gasteiger partial charge in [0.15, 0.2) is 0 Å². The Kier molecular flexibility index (Phi) is 5.91. The Morgan fingerprint density at radius 1 is 1.08 bits per heavy atom. The zero-order valence-electron chi connectivity index (χ0n) is 15.4. The molecule has 1 atom stereocenters. The Hall–Kier alpha value is -2.69. The van der Waals surface area contributed by atoms with Crippen molar-refractivity contribution in [3.8, 4) is 0 Å². The van der Waals surface area contributed by atoms with E-state index in [1.807, 2.05) is 46.8 Å². The molecule has 2 aromatic rings. The molecule has 0 fully saturated rings. The van der Waals surface area contributed by atoms with Crippen molar-refractivity contribution in [3.05, 3.63) is 58.4 Å². The van der Waals surface area contributed by atoms with Crippen LogP contribution in [0.5, 0.6) is 0 Å². The maximum Gasteiger partial charge on any atom is 0.270 e. The molecule has 1 aromatic carbocycles. The SMILES string of the molecule is CCC(C)NC(=O)c1cc(C(=O)Nc2c(C)cc(C)cc2C)ccn1. The minimum absolute atomic E-state index is 0.0599. The topological polar surface area (TPSA) is 71.1 Å². The van der Waals surface area contributed by atoms with Crippen molar-refractivity contribution in [3.63, 3.8) is 0 Å². The molecule has 25 heavy (non-hydrogen) atoms. The lowest BCUT2D eigenvalue weighted by molar-refractivity contribution is 0.0934. The van der Waals surface area contributed by atoms with Gasteiger partial charge in [-0.1, -0.05) is 24.6 Å². The molecule has 0 radical (unpaired) electrons. The van der Waals surface area contributed by atoms with E-state index in [9.17, 15) is 9.59 Å². The third kappa shape index (κ3) is 4.66. The number of hydrogen-bond acceptors (Lipinski definition) is 3. The maximum atomic E-state index is 12.6. The van der Waals surface area contributed by atoms with Crippen molar-refractivity contribution in [2.45, 2.75) is 47.1 Å². The Balaban J connectivity index is 2.21. The minimum Gasteiger partial charge on any atom is -0.348 e. The molecule has 0 aliphatic carbocycles. The van der Waals surface area contributed by atoms with E-state index in [0.717, 1.165) is 28.8 Å². The predicted octanol–water partition coefficient (Wildman–Crippen LogP) is 3.79. The number of carbonyl (C=O) groups is 2. The first-order valence-electron chi connectivity index (χ1n) is 8.48. The molecule has 0 bridgehead atoms. The molecule has 0 saturated heterocycles. The van der Waals surface area contributed by atoms with Gasteiger partial charge in [-0.2, -0.15) is 0 Å². The van der Waals surface area contributed by atoms with E-state index in [4.69, 9.17) is 0 Å². The van der Waals surface area contributed by atoms with Gasteiger partial charge in [0.05, 0.1) is 0 Å². The molecular weight excluding hydrogens is 314 g/mol. The van der Waals surface area contributed by atoms with Gasteiger partial charge in [0.1, 0.15) is 5.69 Å². The van der Waals surface area contributed by atoms with E-state index in [1.165, 1.54) is 12.3 Å². The second kappa shape index (κ2) is 7.92. The fraction of sp³-hybridized carbons (Fsp3) is 0.350. The summed E-state index contributed by atoms with van der Waals surface area (Å²) in [5.41, 5.74) is 4.62. The van der Waals surface area contributed by atoms with Gasteiger partial charge in [-0.25, -0.2) is 0 Å². The Bertz CT molecular complexity index is 776. The Morgan fingerprint density at radius 2 is 1.72 bits per heavy atom. The highest BCUT2D eigenvalue weighted by Crippen LogP contribution is 2.22. The number of aromatic nitrogens is 1. The summed E-state index contributed by atoms with van der Waals surface area (Å²) in [7, 11) is 0. The van der Waals surface area contributed by atoms with Crippen LogP contribution >= 0.6 is 0 Å². The summed E-state index contributed by atoms with van der Waals surface area (Å²) in [5.74, 6) is -0.526. The highest BCUT2D eigenvalue weighted by atomic mass is 16.2. The zero-order chi connectivity index (χ0) is 18.6. The van der Waals surface area contributed by atoms with Crippen LogP contribution < -0.4 is 10.6 Å². The first kappa shape index (κ1) is 18.6. The first-order valence-corrected chi connectivity index (χ1v) is 8.48. The smallest absolute Gasteiger partial charge is 0.270 e. The van der Waals surface area contributed by atoms with Crippen molar-refractivity contribution in [1.82, 2.24) is 10.3 Å². The van der Waals surface area contributed by atoms with E-state index in [1.54, 1.807) is 6.07 Å². The number of nitrogens with one attached hydrogen (secondary N) is 2. The average Bonchev–Trinajstić information content (AvgIpc) is 2.57. The molecule has 0 aliphatic heterocycles. The molecule has 2 N–H and O–H groups in total. The summed E-state index contributed by atoms with van der Waals surface area (Å²) in [4.78, 5) is 28.8. The average molecular weight is 339 g/mol. The van der Waals surface area contributed by atoms with Crippen molar-refractivity contribution >= 4 is 17.5 Å². The summed E-state index contributed by atoms with van der Waals surface area (Å²) in [6.45, 7) is 9.88. The van der Waals surface area contributed by atoms with Gasteiger partial charge in [0.2, 0.25) is 0 Å². The zero-order valence-corrected chi connectivity index (χ0v) is 15.4. The maximum absolute atomic E-state index is 12.6. The molecule has 0 spiro atoms. The minimum atomic E-state index is -0.272. The van der Waals surface area contributed by atoms with Crippen molar-refractivity contribution in [1.29, 1.82) is 0 Å². The molecule has 0 aliphatic rings. The number of nitrogens with zero attached hydrogens (tertiary/aromatic N) is 1. The number of anilines is 1. The Morgan fingerprint density at radius 3 is 2.32 bits per heavy atom. The van der Waals surface area contributed by atoms with Crippen molar-refractivity contribution < 1.29 is 9.59 Å². The molecule has 2 rings (SSSR count). The van der Waals surface area contributed by atoms with Crippen LogP contribution in [0.2, 0.25) is 0 Å². The third-order valence-electron chi connectivity index (χ3n) is 4.16. The van der Waals surface area contributed by atoms with Gasteiger partial charge in [0, 0.05) is 23.5 Å². The van der Waals surface area contributed by atoms with Crippen LogP contribution in [0.25, 0.3) is 0 Å². The third-order valence-corrected chi connectivity index (χ3v) is 4.16. The van der Waals surface area contributed by atoms with Gasteiger partial charge in [-0.15, -0.1) is 0 Å². The van der Waals surface area contributed by atoms with Gasteiger partial charge in [0.25, 0.3) is 11.8 Å². The number of rotatable bonds is 5. The predicted molar refractivity (Wildman–Crippen MR) is 100 cm³/mol. The second-order valence-electron chi connectivity index (χ2n) is 6.44. The molecular formula is C20H25N3O2. The van der Waals surface area contributed by atoms with Gasteiger partial charge >= 0.3 is 0 Å². The van der Waals surface area contributed by atoms with E-state index in [2.05, 4.69) is 15.6 Å². The lowest BCUT2D eigenvalue weighted by atomic mass is 10.0. The molecule has 132 valence electrons. The van der Waals surface area contributed by atoms with E-state index >= 15 is 0 Å². The monoisotopic (exact) mass is 339 g/mol. The number of benzene rings is 1. The Labute approximate surface area is 148 Å². The standard InChI is InChI=1S/C20H25N3O2/c1-6-15(5)22-20(25)17-11-16(7-8-21-17)19(24)23-18-13(3)9-12(2)10-14(18)4/h7-11,15H,6H2,1-5H3,(H,22,25)(H,23,24). The molecule has 1 unspecified atom stereocenters. The summed E-state index contributed by atoms with van der Waals surface area (Å²) in [5, 5.41) is 5.79. The summed E-state index contributed by atoms with van der Waals surface area (Å²) >= 11 is 0. The van der Waals surface area contributed by atoms with Crippen LogP contribution in [0.1, 0.15) is 57.8 Å². The highest BCUT2D eigenvalue weighted by Gasteiger charge is 2.15. The first-order chi connectivity index (χ1) is 11.8. The molecule has 0 saturated carbocycles. The van der Waals surface area contributed by atoms with E-state index in [-0.39, 0.29) is 23.6 Å². The normalized spacial score (nSPS) is 11.7.